The summed E-state index contributed by atoms with van der Waals surface area (Å²) in [5.74, 6) is 0. The highest BCUT2D eigenvalue weighted by Gasteiger charge is 2.00. The second-order valence-corrected chi connectivity index (χ2v) is 2.27. The fraction of sp³-hybridized carbons (Fsp3) is 0. The molecule has 0 bridgehead atoms. The number of aromatic amines is 1. The van der Waals surface area contributed by atoms with Gasteiger partial charge in [0, 0.05) is 5.39 Å². The van der Waals surface area contributed by atoms with Crippen LogP contribution in [0.15, 0.2) is 24.3 Å². The van der Waals surface area contributed by atoms with E-state index in [0.29, 0.717) is 5.69 Å². The predicted molar refractivity (Wildman–Crippen MR) is 42.6 cm³/mol. The molecule has 0 saturated heterocycles. The van der Waals surface area contributed by atoms with Gasteiger partial charge in [0.15, 0.2) is 6.29 Å². The van der Waals surface area contributed by atoms with E-state index < -0.39 is 0 Å². The van der Waals surface area contributed by atoms with E-state index in [4.69, 9.17) is 0 Å². The number of carbonyl (C=O) groups excluding carboxylic acids is 1. The number of para-hydroxylation sites is 1. The molecule has 54 valence electrons. The van der Waals surface area contributed by atoms with Crippen LogP contribution in [0.1, 0.15) is 11.9 Å². The van der Waals surface area contributed by atoms with Gasteiger partial charge in [0.05, 0.1) is 5.52 Å². The second-order valence-electron chi connectivity index (χ2n) is 2.27. The van der Waals surface area contributed by atoms with E-state index in [2.05, 4.69) is 10.2 Å². The molecule has 0 atom stereocenters. The van der Waals surface area contributed by atoms with Gasteiger partial charge in [-0.05, 0) is 6.07 Å². The SMILES string of the molecule is O=Cc1[nH]nc2ccccc12.[H+]. The zero-order valence-electron chi connectivity index (χ0n) is 6.74. The minimum absolute atomic E-state index is 0. The Morgan fingerprint density at radius 3 is 3.09 bits per heavy atom. The summed E-state index contributed by atoms with van der Waals surface area (Å²) in [7, 11) is 0. The average molecular weight is 147 g/mol. The summed E-state index contributed by atoms with van der Waals surface area (Å²) in [5.41, 5.74) is 1.37. The van der Waals surface area contributed by atoms with Crippen molar-refractivity contribution in [3.8, 4) is 0 Å². The third-order valence-electron chi connectivity index (χ3n) is 1.61. The van der Waals surface area contributed by atoms with Crippen molar-refractivity contribution in [2.24, 2.45) is 0 Å². The fourth-order valence-corrected chi connectivity index (χ4v) is 1.07. The molecule has 0 saturated carbocycles. The smallest absolute Gasteiger partial charge is 0.296 e. The van der Waals surface area contributed by atoms with Crippen molar-refractivity contribution in [2.75, 3.05) is 0 Å². The number of carbonyl (C=O) groups is 1. The number of nitrogens with one attached hydrogen (secondary N) is 1. The zero-order chi connectivity index (χ0) is 7.68. The average Bonchev–Trinajstić information content (AvgIpc) is 2.47. The minimum atomic E-state index is 0. The minimum Gasteiger partial charge on any atom is -0.296 e. The molecule has 0 aliphatic rings. The number of aldehydes is 1. The highest BCUT2D eigenvalue weighted by molar-refractivity contribution is 5.94. The molecule has 0 amide bonds. The number of aromatic nitrogens is 2. The van der Waals surface area contributed by atoms with Crippen molar-refractivity contribution in [3.05, 3.63) is 30.0 Å². The fourth-order valence-electron chi connectivity index (χ4n) is 1.07. The van der Waals surface area contributed by atoms with Crippen molar-refractivity contribution in [3.63, 3.8) is 0 Å². The van der Waals surface area contributed by atoms with Gasteiger partial charge >= 0.3 is 1.43 Å². The molecule has 2 aromatic rings. The normalized spacial score (nSPS) is 10.2. The van der Waals surface area contributed by atoms with E-state index in [1.165, 1.54) is 0 Å². The number of benzene rings is 1. The Bertz CT molecular complexity index is 397. The van der Waals surface area contributed by atoms with Crippen molar-refractivity contribution in [1.29, 1.82) is 0 Å². The summed E-state index contributed by atoms with van der Waals surface area (Å²) in [6, 6.07) is 7.49. The zero-order valence-corrected chi connectivity index (χ0v) is 5.74. The van der Waals surface area contributed by atoms with Gasteiger partial charge in [-0.3, -0.25) is 9.89 Å². The first-order chi connectivity index (χ1) is 5.42. The molecule has 11 heavy (non-hydrogen) atoms. The van der Waals surface area contributed by atoms with Crippen molar-refractivity contribution in [1.82, 2.24) is 10.2 Å². The van der Waals surface area contributed by atoms with Gasteiger partial charge < -0.3 is 0 Å². The number of nitrogens with zero attached hydrogens (tertiary/aromatic N) is 1. The van der Waals surface area contributed by atoms with Crippen LogP contribution in [0, 0.1) is 0 Å². The van der Waals surface area contributed by atoms with Gasteiger partial charge in [-0.25, -0.2) is 0 Å². The molecule has 0 radical (unpaired) electrons. The standard InChI is InChI=1S/C8H6N2O/c11-5-8-6-3-1-2-4-7(6)9-10-8/h1-5H,(H,9,10)/p+1. The number of hydrogen-bond acceptors (Lipinski definition) is 2. The van der Waals surface area contributed by atoms with E-state index in [1.54, 1.807) is 0 Å². The van der Waals surface area contributed by atoms with E-state index in [0.717, 1.165) is 17.2 Å². The lowest BCUT2D eigenvalue weighted by atomic mass is 10.2. The van der Waals surface area contributed by atoms with Crippen LogP contribution in [0.4, 0.5) is 0 Å². The van der Waals surface area contributed by atoms with Gasteiger partial charge in [-0.2, -0.15) is 5.10 Å². The molecule has 0 unspecified atom stereocenters. The van der Waals surface area contributed by atoms with Crippen LogP contribution in [0.3, 0.4) is 0 Å². The molecule has 0 fully saturated rings. The molecule has 1 heterocycles. The van der Waals surface area contributed by atoms with Crippen LogP contribution in [0.25, 0.3) is 10.9 Å². The summed E-state index contributed by atoms with van der Waals surface area (Å²) in [6.07, 6.45) is 0.773. The summed E-state index contributed by atoms with van der Waals surface area (Å²) in [6.45, 7) is 0. The Balaban J connectivity index is 0.000000720. The molecule has 0 aliphatic heterocycles. The molecule has 3 nitrogen and oxygen atoms in total. The van der Waals surface area contributed by atoms with Crippen LogP contribution >= 0.6 is 0 Å². The first-order valence-corrected chi connectivity index (χ1v) is 3.30. The van der Waals surface area contributed by atoms with Crippen LogP contribution < -0.4 is 0 Å². The summed E-state index contributed by atoms with van der Waals surface area (Å²) in [4.78, 5) is 10.4. The third-order valence-corrected chi connectivity index (χ3v) is 1.61. The van der Waals surface area contributed by atoms with Gasteiger partial charge in [0.2, 0.25) is 0 Å². The highest BCUT2D eigenvalue weighted by atomic mass is 16.1. The Morgan fingerprint density at radius 1 is 1.45 bits per heavy atom. The number of hydrogen-bond donors (Lipinski definition) is 1. The molecule has 3 heteroatoms. The topological polar surface area (TPSA) is 45.8 Å². The van der Waals surface area contributed by atoms with E-state index in [1.807, 2.05) is 24.3 Å². The lowest BCUT2D eigenvalue weighted by Gasteiger charge is -1.83. The summed E-state index contributed by atoms with van der Waals surface area (Å²) < 4.78 is 0. The maximum absolute atomic E-state index is 10.4. The molecular formula is C8H7N2O+. The Labute approximate surface area is 64.5 Å². The first-order valence-electron chi connectivity index (χ1n) is 3.30. The molecule has 1 aromatic carbocycles. The second kappa shape index (κ2) is 2.20. The maximum Gasteiger partial charge on any atom is 1.00 e. The number of fused-ring (bicyclic) bond motifs is 1. The third kappa shape index (κ3) is 0.816. The van der Waals surface area contributed by atoms with E-state index in [9.17, 15) is 4.79 Å². The van der Waals surface area contributed by atoms with Crippen LogP contribution in [-0.2, 0) is 0 Å². The van der Waals surface area contributed by atoms with Gasteiger partial charge in [0.25, 0.3) is 0 Å². The van der Waals surface area contributed by atoms with Crippen LogP contribution in [0.5, 0.6) is 0 Å². The van der Waals surface area contributed by atoms with E-state index >= 15 is 0 Å². The predicted octanol–water partition coefficient (Wildman–Crippen LogP) is 1.49. The summed E-state index contributed by atoms with van der Waals surface area (Å²) >= 11 is 0. The lowest BCUT2D eigenvalue weighted by molar-refractivity contribution is 0.112. The first kappa shape index (κ1) is 6.09. The van der Waals surface area contributed by atoms with Crippen LogP contribution in [-0.4, -0.2) is 16.5 Å². The van der Waals surface area contributed by atoms with Crippen molar-refractivity contribution >= 4 is 17.2 Å². The van der Waals surface area contributed by atoms with Crippen molar-refractivity contribution in [2.45, 2.75) is 0 Å². The Hall–Kier alpha value is -1.64. The lowest BCUT2D eigenvalue weighted by Crippen LogP contribution is -1.77. The monoisotopic (exact) mass is 147 g/mol. The number of rotatable bonds is 1. The van der Waals surface area contributed by atoms with Gasteiger partial charge in [-0.15, -0.1) is 0 Å². The highest BCUT2D eigenvalue weighted by Crippen LogP contribution is 2.12. The quantitative estimate of drug-likeness (QED) is 0.621. The van der Waals surface area contributed by atoms with Crippen LogP contribution in [0.2, 0.25) is 0 Å². The van der Waals surface area contributed by atoms with E-state index in [-0.39, 0.29) is 1.43 Å². The van der Waals surface area contributed by atoms with Gasteiger partial charge in [0.1, 0.15) is 5.69 Å². The number of H-pyrrole nitrogens is 1. The molecule has 0 aliphatic carbocycles. The van der Waals surface area contributed by atoms with Crippen molar-refractivity contribution < 1.29 is 6.22 Å². The Kier molecular flexibility index (Phi) is 1.22. The molecule has 1 aromatic heterocycles. The van der Waals surface area contributed by atoms with Gasteiger partial charge in [-0.1, -0.05) is 18.2 Å². The summed E-state index contributed by atoms with van der Waals surface area (Å²) in [5, 5.41) is 7.46. The Morgan fingerprint density at radius 2 is 2.27 bits per heavy atom. The molecule has 0 spiro atoms. The maximum atomic E-state index is 10.4. The molecule has 1 N–H and O–H groups in total. The molecule has 2 rings (SSSR count). The largest absolute Gasteiger partial charge is 1.00 e. The molecular weight excluding hydrogens is 140 g/mol.